The van der Waals surface area contributed by atoms with Gasteiger partial charge < -0.3 is 5.73 Å². The Morgan fingerprint density at radius 3 is 1.89 bits per heavy atom. The summed E-state index contributed by atoms with van der Waals surface area (Å²) in [6.45, 7) is 4.71. The zero-order valence-electron chi connectivity index (χ0n) is 5.66. The van der Waals surface area contributed by atoms with Crippen LogP contribution < -0.4 is 5.73 Å². The third-order valence-electron chi connectivity index (χ3n) is 1.58. The largest absolute Gasteiger partial charge is 0.326 e. The topological polar surface area (TPSA) is 50.7 Å². The van der Waals surface area contributed by atoms with Gasteiger partial charge in [0.1, 0.15) is 0 Å². The summed E-state index contributed by atoms with van der Waals surface area (Å²) in [5.41, 5.74) is 5.20. The predicted molar refractivity (Wildman–Crippen MR) is 38.7 cm³/mol. The van der Waals surface area contributed by atoms with Crippen molar-refractivity contribution in [3.8, 4) is 0 Å². The third kappa shape index (κ3) is 1.40. The number of rotatable bonds is 2. The molecule has 2 N–H and O–H groups in total. The van der Waals surface area contributed by atoms with Crippen LogP contribution in [-0.4, -0.2) is 12.2 Å². The Kier molecular flexibility index (Phi) is 2.58. The minimum Gasteiger partial charge on any atom is -0.326 e. The van der Waals surface area contributed by atoms with Gasteiger partial charge in [0.25, 0.3) is 0 Å². The summed E-state index contributed by atoms with van der Waals surface area (Å²) in [5, 5.41) is 7.70. The first-order chi connectivity index (χ1) is 3.71. The monoisotopic (exact) mass is 149 g/mol. The first-order valence-corrected chi connectivity index (χ1v) is 2.85. The first-order valence-electron chi connectivity index (χ1n) is 2.85. The molecule has 0 atom stereocenters. The van der Waals surface area contributed by atoms with E-state index in [1.807, 2.05) is 0 Å². The molecule has 1 aliphatic rings. The second-order valence-electron chi connectivity index (χ2n) is 2.44. The number of halogens is 1. The van der Waals surface area contributed by atoms with Crippen molar-refractivity contribution in [2.75, 3.05) is 6.54 Å². The summed E-state index contributed by atoms with van der Waals surface area (Å²) < 4.78 is 0. The molecule has 0 aromatic rings. The quantitative estimate of drug-likeness (QED) is 0.630. The average molecular weight is 150 g/mol. The van der Waals surface area contributed by atoms with E-state index < -0.39 is 0 Å². The fourth-order valence-corrected chi connectivity index (χ4v) is 0.613. The second-order valence-corrected chi connectivity index (χ2v) is 2.44. The standard InChI is InChI=1S/C5H11N3.ClH/c1-4(2)5(3-6)7-8-5;/h4H,3,6H2,1-2H3;1H. The molecular formula is C5H12ClN3. The molecule has 3 nitrogen and oxygen atoms in total. The molecule has 1 aliphatic heterocycles. The van der Waals surface area contributed by atoms with E-state index in [0.29, 0.717) is 12.5 Å². The van der Waals surface area contributed by atoms with Crippen molar-refractivity contribution in [3.05, 3.63) is 0 Å². The van der Waals surface area contributed by atoms with E-state index in [-0.39, 0.29) is 18.1 Å². The summed E-state index contributed by atoms with van der Waals surface area (Å²) in [5.74, 6) is 0.465. The van der Waals surface area contributed by atoms with Crippen LogP contribution in [-0.2, 0) is 0 Å². The minimum atomic E-state index is -0.181. The van der Waals surface area contributed by atoms with E-state index in [1.165, 1.54) is 0 Å². The highest BCUT2D eigenvalue weighted by atomic mass is 35.5. The van der Waals surface area contributed by atoms with Crippen molar-refractivity contribution in [1.29, 1.82) is 0 Å². The van der Waals surface area contributed by atoms with E-state index in [2.05, 4.69) is 24.1 Å². The molecule has 0 unspecified atom stereocenters. The molecule has 0 fully saturated rings. The molecule has 9 heavy (non-hydrogen) atoms. The van der Waals surface area contributed by atoms with E-state index in [0.717, 1.165) is 0 Å². The fraction of sp³-hybridized carbons (Fsp3) is 1.00. The number of nitrogens with zero attached hydrogens (tertiary/aromatic N) is 2. The van der Waals surface area contributed by atoms with Gasteiger partial charge >= 0.3 is 0 Å². The normalized spacial score (nSPS) is 19.6. The zero-order chi connectivity index (χ0) is 6.20. The van der Waals surface area contributed by atoms with Crippen molar-refractivity contribution in [3.63, 3.8) is 0 Å². The molecule has 0 spiro atoms. The Morgan fingerprint density at radius 2 is 1.89 bits per heavy atom. The second kappa shape index (κ2) is 2.62. The van der Waals surface area contributed by atoms with Gasteiger partial charge in [0.2, 0.25) is 5.66 Å². The zero-order valence-corrected chi connectivity index (χ0v) is 6.48. The van der Waals surface area contributed by atoms with Gasteiger partial charge in [0, 0.05) is 12.5 Å². The Labute approximate surface area is 61.1 Å². The van der Waals surface area contributed by atoms with Gasteiger partial charge in [-0.25, -0.2) is 0 Å². The molecule has 0 saturated heterocycles. The van der Waals surface area contributed by atoms with Crippen LogP contribution in [0.3, 0.4) is 0 Å². The molecule has 0 bridgehead atoms. The molecule has 0 radical (unpaired) electrons. The maximum atomic E-state index is 5.38. The molecule has 54 valence electrons. The van der Waals surface area contributed by atoms with Crippen molar-refractivity contribution >= 4 is 12.4 Å². The highest BCUT2D eigenvalue weighted by molar-refractivity contribution is 5.85. The van der Waals surface area contributed by atoms with Crippen molar-refractivity contribution in [2.24, 2.45) is 21.9 Å². The van der Waals surface area contributed by atoms with Crippen molar-refractivity contribution in [1.82, 2.24) is 0 Å². The van der Waals surface area contributed by atoms with Crippen LogP contribution in [0.25, 0.3) is 0 Å². The Balaban J connectivity index is 0.000000640. The molecule has 0 aliphatic carbocycles. The van der Waals surface area contributed by atoms with Crippen LogP contribution in [0.1, 0.15) is 13.8 Å². The van der Waals surface area contributed by atoms with E-state index in [4.69, 9.17) is 5.73 Å². The molecule has 0 saturated carbocycles. The lowest BCUT2D eigenvalue weighted by atomic mass is 10.0. The lowest BCUT2D eigenvalue weighted by Crippen LogP contribution is -2.29. The number of nitrogens with two attached hydrogens (primary N) is 1. The summed E-state index contributed by atoms with van der Waals surface area (Å²) in [4.78, 5) is 0. The van der Waals surface area contributed by atoms with E-state index in [9.17, 15) is 0 Å². The molecule has 4 heteroatoms. The lowest BCUT2D eigenvalue weighted by molar-refractivity contribution is 0.443. The molecule has 0 aromatic heterocycles. The predicted octanol–water partition coefficient (Wildman–Crippen LogP) is 1.18. The number of hydrogen-bond donors (Lipinski definition) is 1. The molecule has 1 heterocycles. The third-order valence-corrected chi connectivity index (χ3v) is 1.58. The molecule has 1 rings (SSSR count). The van der Waals surface area contributed by atoms with Crippen LogP contribution in [0.5, 0.6) is 0 Å². The molecule has 0 amide bonds. The lowest BCUT2D eigenvalue weighted by Gasteiger charge is -2.09. The molecular weight excluding hydrogens is 138 g/mol. The molecule has 0 aromatic carbocycles. The van der Waals surface area contributed by atoms with Crippen LogP contribution >= 0.6 is 12.4 Å². The summed E-state index contributed by atoms with van der Waals surface area (Å²) in [6, 6.07) is 0. The fourth-order valence-electron chi connectivity index (χ4n) is 0.613. The van der Waals surface area contributed by atoms with Crippen LogP contribution in [0.15, 0.2) is 10.2 Å². The Bertz CT molecular complexity index is 115. The van der Waals surface area contributed by atoms with Gasteiger partial charge in [-0.1, -0.05) is 13.8 Å². The van der Waals surface area contributed by atoms with Gasteiger partial charge in [-0.2, -0.15) is 10.2 Å². The maximum Gasteiger partial charge on any atom is 0.205 e. The first kappa shape index (κ1) is 8.85. The van der Waals surface area contributed by atoms with Gasteiger partial charge in [-0.05, 0) is 0 Å². The Morgan fingerprint density at radius 1 is 1.44 bits per heavy atom. The highest BCUT2D eigenvalue weighted by Crippen LogP contribution is 2.34. The van der Waals surface area contributed by atoms with Gasteiger partial charge in [-0.15, -0.1) is 12.4 Å². The van der Waals surface area contributed by atoms with Crippen molar-refractivity contribution < 1.29 is 0 Å². The van der Waals surface area contributed by atoms with Crippen LogP contribution in [0, 0.1) is 5.92 Å². The van der Waals surface area contributed by atoms with Crippen LogP contribution in [0.2, 0.25) is 0 Å². The Hall–Kier alpha value is -0.150. The highest BCUT2D eigenvalue weighted by Gasteiger charge is 2.41. The minimum absolute atomic E-state index is 0. The summed E-state index contributed by atoms with van der Waals surface area (Å²) in [6.07, 6.45) is 0. The summed E-state index contributed by atoms with van der Waals surface area (Å²) in [7, 11) is 0. The van der Waals surface area contributed by atoms with Gasteiger partial charge in [0.15, 0.2) is 0 Å². The van der Waals surface area contributed by atoms with E-state index >= 15 is 0 Å². The van der Waals surface area contributed by atoms with Crippen LogP contribution in [0.4, 0.5) is 0 Å². The smallest absolute Gasteiger partial charge is 0.205 e. The summed E-state index contributed by atoms with van der Waals surface area (Å²) >= 11 is 0. The van der Waals surface area contributed by atoms with Crippen molar-refractivity contribution in [2.45, 2.75) is 19.5 Å². The maximum absolute atomic E-state index is 5.38. The number of hydrogen-bond acceptors (Lipinski definition) is 3. The average Bonchev–Trinajstić information content (AvgIpc) is 2.44. The van der Waals surface area contributed by atoms with E-state index in [1.54, 1.807) is 0 Å². The van der Waals surface area contributed by atoms with Gasteiger partial charge in [0.05, 0.1) is 0 Å². The SMILES string of the molecule is CC(C)C1(CN)N=N1.Cl. The van der Waals surface area contributed by atoms with Gasteiger partial charge in [-0.3, -0.25) is 0 Å².